The Balaban J connectivity index is 1.43. The van der Waals surface area contributed by atoms with Crippen molar-refractivity contribution in [2.75, 3.05) is 6.61 Å². The van der Waals surface area contributed by atoms with E-state index in [-0.39, 0.29) is 42.4 Å². The zero-order valence-electron chi connectivity index (χ0n) is 21.3. The van der Waals surface area contributed by atoms with Gasteiger partial charge in [-0.25, -0.2) is 0 Å². The number of carbonyl (C=O) groups is 3. The van der Waals surface area contributed by atoms with Crippen molar-refractivity contribution in [3.8, 4) is 0 Å². The molecule has 1 aliphatic carbocycles. The Morgan fingerprint density at radius 2 is 1.83 bits per heavy atom. The van der Waals surface area contributed by atoms with Crippen molar-refractivity contribution >= 4 is 17.7 Å². The molecule has 5 rings (SSSR count). The Labute approximate surface area is 213 Å². The van der Waals surface area contributed by atoms with E-state index in [9.17, 15) is 19.5 Å². The van der Waals surface area contributed by atoms with Gasteiger partial charge in [-0.15, -0.1) is 0 Å². The van der Waals surface area contributed by atoms with Crippen LogP contribution in [0.15, 0.2) is 30.3 Å². The van der Waals surface area contributed by atoms with Crippen molar-refractivity contribution in [3.05, 3.63) is 35.9 Å². The van der Waals surface area contributed by atoms with E-state index < -0.39 is 29.5 Å². The number of carbonyl (C=O) groups excluding carboxylic acids is 3. The molecule has 3 heterocycles. The number of nitrogens with one attached hydrogen (secondary N) is 2. The molecule has 3 saturated heterocycles. The molecule has 0 radical (unpaired) electrons. The Morgan fingerprint density at radius 1 is 1.11 bits per heavy atom. The minimum atomic E-state index is -1.03. The molecule has 1 saturated carbocycles. The molecule has 4 fully saturated rings. The third-order valence-electron chi connectivity index (χ3n) is 8.86. The standard InChI is InChI=1S/C28H39N3O5/c1-17(2)20(16-32)31-24(26(34)30-19-11-7-4-8-12-19)28-14-13-21(36-28)22(23(28)27(31)35)25(33)29-15-18-9-5-3-6-10-18/h3,5-6,9-10,17,19-24,32H,4,7-8,11-16H2,1-2H3,(H,29,33)(H,30,34)/t20-,21-,22+,23-,24?,28?/m0/s1. The van der Waals surface area contributed by atoms with Gasteiger partial charge in [0.15, 0.2) is 0 Å². The fraction of sp³-hybridized carbons (Fsp3) is 0.679. The van der Waals surface area contributed by atoms with E-state index in [0.717, 1.165) is 31.2 Å². The minimum absolute atomic E-state index is 0.0540. The van der Waals surface area contributed by atoms with Gasteiger partial charge in [-0.1, -0.05) is 63.4 Å². The van der Waals surface area contributed by atoms with Crippen molar-refractivity contribution in [1.29, 1.82) is 0 Å². The van der Waals surface area contributed by atoms with Crippen LogP contribution in [0.5, 0.6) is 0 Å². The average Bonchev–Trinajstić information content (AvgIpc) is 3.52. The summed E-state index contributed by atoms with van der Waals surface area (Å²) >= 11 is 0. The van der Waals surface area contributed by atoms with E-state index in [1.165, 1.54) is 6.42 Å². The molecule has 196 valence electrons. The lowest BCUT2D eigenvalue weighted by Crippen LogP contribution is -2.60. The SMILES string of the molecule is CC(C)[C@H](CO)N1C(=O)[C@@H]2[C@H](C(=O)NCc3ccccc3)[C@@H]3CCC2(O3)C1C(=O)NC1CCCCC1. The van der Waals surface area contributed by atoms with Crippen LogP contribution >= 0.6 is 0 Å². The molecule has 3 aliphatic heterocycles. The van der Waals surface area contributed by atoms with Gasteiger partial charge in [0.25, 0.3) is 0 Å². The number of aliphatic hydroxyl groups excluding tert-OH is 1. The highest BCUT2D eigenvalue weighted by molar-refractivity contribution is 5.99. The lowest BCUT2D eigenvalue weighted by molar-refractivity contribution is -0.147. The number of hydrogen-bond donors (Lipinski definition) is 3. The zero-order chi connectivity index (χ0) is 25.4. The maximum absolute atomic E-state index is 14.0. The second-order valence-electron chi connectivity index (χ2n) is 11.3. The van der Waals surface area contributed by atoms with Crippen LogP contribution in [0.4, 0.5) is 0 Å². The van der Waals surface area contributed by atoms with Crippen molar-refractivity contribution in [3.63, 3.8) is 0 Å². The average molecular weight is 498 g/mol. The molecule has 4 aliphatic rings. The number of likely N-dealkylation sites (tertiary alicyclic amines) is 1. The molecule has 8 nitrogen and oxygen atoms in total. The minimum Gasteiger partial charge on any atom is -0.394 e. The first-order chi connectivity index (χ1) is 17.4. The highest BCUT2D eigenvalue weighted by Crippen LogP contribution is 2.59. The first-order valence-corrected chi connectivity index (χ1v) is 13.6. The molecule has 6 atom stereocenters. The van der Waals surface area contributed by atoms with Crippen molar-refractivity contribution < 1.29 is 24.2 Å². The molecule has 3 amide bonds. The van der Waals surface area contributed by atoms with Gasteiger partial charge in [0, 0.05) is 12.6 Å². The molecule has 1 aromatic carbocycles. The monoisotopic (exact) mass is 497 g/mol. The number of benzene rings is 1. The highest BCUT2D eigenvalue weighted by atomic mass is 16.5. The van der Waals surface area contributed by atoms with Crippen LogP contribution in [0.1, 0.15) is 64.4 Å². The van der Waals surface area contributed by atoms with Gasteiger partial charge < -0.3 is 25.4 Å². The fourth-order valence-corrected chi connectivity index (χ4v) is 7.10. The second-order valence-corrected chi connectivity index (χ2v) is 11.3. The first kappa shape index (κ1) is 25.2. The van der Waals surface area contributed by atoms with Gasteiger partial charge >= 0.3 is 0 Å². The fourth-order valence-electron chi connectivity index (χ4n) is 7.10. The number of aliphatic hydroxyl groups is 1. The van der Waals surface area contributed by atoms with E-state index in [2.05, 4.69) is 10.6 Å². The van der Waals surface area contributed by atoms with Gasteiger partial charge in [0.05, 0.1) is 30.6 Å². The Hall–Kier alpha value is -2.45. The maximum Gasteiger partial charge on any atom is 0.246 e. The number of rotatable bonds is 8. The largest absolute Gasteiger partial charge is 0.394 e. The van der Waals surface area contributed by atoms with Gasteiger partial charge in [-0.05, 0) is 37.2 Å². The second kappa shape index (κ2) is 10.1. The molecule has 2 bridgehead atoms. The normalized spacial score (nSPS) is 32.6. The Morgan fingerprint density at radius 3 is 2.50 bits per heavy atom. The maximum atomic E-state index is 14.0. The molecule has 2 unspecified atom stereocenters. The predicted molar refractivity (Wildman–Crippen MR) is 133 cm³/mol. The molecular formula is C28H39N3O5. The number of ether oxygens (including phenoxy) is 1. The summed E-state index contributed by atoms with van der Waals surface area (Å²) in [5, 5.41) is 16.5. The smallest absolute Gasteiger partial charge is 0.246 e. The van der Waals surface area contributed by atoms with E-state index in [0.29, 0.717) is 19.4 Å². The highest BCUT2D eigenvalue weighted by Gasteiger charge is 2.75. The van der Waals surface area contributed by atoms with E-state index in [4.69, 9.17) is 4.74 Å². The third-order valence-corrected chi connectivity index (χ3v) is 8.86. The molecule has 0 aromatic heterocycles. The predicted octanol–water partition coefficient (Wildman–Crippen LogP) is 2.14. The molecule has 1 aromatic rings. The van der Waals surface area contributed by atoms with Crippen LogP contribution in [0.25, 0.3) is 0 Å². The summed E-state index contributed by atoms with van der Waals surface area (Å²) in [6.45, 7) is 4.02. The quantitative estimate of drug-likeness (QED) is 0.510. The van der Waals surface area contributed by atoms with E-state index in [1.54, 1.807) is 4.90 Å². The van der Waals surface area contributed by atoms with Gasteiger partial charge in [0.1, 0.15) is 11.6 Å². The van der Waals surface area contributed by atoms with Gasteiger partial charge in [0.2, 0.25) is 17.7 Å². The lowest BCUT2D eigenvalue weighted by Gasteiger charge is -2.39. The summed E-state index contributed by atoms with van der Waals surface area (Å²) < 4.78 is 6.50. The number of hydrogen-bond acceptors (Lipinski definition) is 5. The van der Waals surface area contributed by atoms with E-state index >= 15 is 0 Å². The molecule has 8 heteroatoms. The summed E-state index contributed by atoms with van der Waals surface area (Å²) in [7, 11) is 0. The van der Waals surface area contributed by atoms with Crippen LogP contribution < -0.4 is 10.6 Å². The van der Waals surface area contributed by atoms with Crippen molar-refractivity contribution in [2.45, 2.75) is 95.2 Å². The van der Waals surface area contributed by atoms with Crippen LogP contribution in [-0.4, -0.2) is 64.2 Å². The van der Waals surface area contributed by atoms with Crippen LogP contribution in [-0.2, 0) is 25.7 Å². The summed E-state index contributed by atoms with van der Waals surface area (Å²) in [4.78, 5) is 42.9. The van der Waals surface area contributed by atoms with Crippen molar-refractivity contribution in [1.82, 2.24) is 15.5 Å². The Kier molecular flexibility index (Phi) is 7.10. The summed E-state index contributed by atoms with van der Waals surface area (Å²) in [6, 6.07) is 8.40. The van der Waals surface area contributed by atoms with Crippen molar-refractivity contribution in [2.24, 2.45) is 17.8 Å². The Bertz CT molecular complexity index is 979. The molecule has 3 N–H and O–H groups in total. The first-order valence-electron chi connectivity index (χ1n) is 13.6. The summed E-state index contributed by atoms with van der Waals surface area (Å²) in [5.74, 6) is -2.07. The molecular weight excluding hydrogens is 458 g/mol. The lowest BCUT2D eigenvalue weighted by atomic mass is 9.70. The van der Waals surface area contributed by atoms with Gasteiger partial charge in [-0.2, -0.15) is 0 Å². The summed E-state index contributed by atoms with van der Waals surface area (Å²) in [5.41, 5.74) is -0.0497. The van der Waals surface area contributed by atoms with Crippen LogP contribution in [0.2, 0.25) is 0 Å². The van der Waals surface area contributed by atoms with Gasteiger partial charge in [-0.3, -0.25) is 14.4 Å². The number of nitrogens with zero attached hydrogens (tertiary/aromatic N) is 1. The topological polar surface area (TPSA) is 108 Å². The number of fused-ring (bicyclic) bond motifs is 1. The van der Waals surface area contributed by atoms with Crippen LogP contribution in [0.3, 0.4) is 0 Å². The zero-order valence-corrected chi connectivity index (χ0v) is 21.3. The summed E-state index contributed by atoms with van der Waals surface area (Å²) in [6.07, 6.45) is 6.03. The third kappa shape index (κ3) is 4.22. The molecule has 1 spiro atoms. The van der Waals surface area contributed by atoms with Crippen LogP contribution in [0, 0.1) is 17.8 Å². The molecule has 36 heavy (non-hydrogen) atoms. The number of amides is 3. The van der Waals surface area contributed by atoms with E-state index in [1.807, 2.05) is 44.2 Å².